The zero-order valence-corrected chi connectivity index (χ0v) is 12.3. The second-order valence-electron chi connectivity index (χ2n) is 4.60. The van der Waals surface area contributed by atoms with Crippen molar-refractivity contribution in [2.75, 3.05) is 29.5 Å². The Morgan fingerprint density at radius 3 is 2.60 bits per heavy atom. The number of aromatic nitrogens is 2. The van der Waals surface area contributed by atoms with E-state index in [9.17, 15) is 8.42 Å². The highest BCUT2D eigenvalue weighted by Crippen LogP contribution is 2.22. The third kappa shape index (κ3) is 2.85. The van der Waals surface area contributed by atoms with Crippen molar-refractivity contribution in [2.24, 2.45) is 7.05 Å². The molecule has 7 nitrogen and oxygen atoms in total. The average molecular weight is 295 g/mol. The predicted octanol–water partition coefficient (Wildman–Crippen LogP) is 0.869. The Kier molecular flexibility index (Phi) is 3.58. The van der Waals surface area contributed by atoms with Crippen LogP contribution >= 0.6 is 0 Å². The summed E-state index contributed by atoms with van der Waals surface area (Å²) < 4.78 is 28.4. The SMILES string of the molecule is CN(C)c1cccc(NS(=O)(=O)c2cn(C)nc2N)c1. The van der Waals surface area contributed by atoms with E-state index in [1.807, 2.05) is 25.1 Å². The topological polar surface area (TPSA) is 93.2 Å². The van der Waals surface area contributed by atoms with Gasteiger partial charge >= 0.3 is 0 Å². The summed E-state index contributed by atoms with van der Waals surface area (Å²) in [5.41, 5.74) is 6.96. The Bertz CT molecular complexity index is 721. The van der Waals surface area contributed by atoms with Gasteiger partial charge in [0, 0.05) is 33.0 Å². The number of benzene rings is 1. The number of sulfonamides is 1. The molecule has 0 saturated carbocycles. The van der Waals surface area contributed by atoms with Gasteiger partial charge < -0.3 is 10.6 Å². The molecule has 0 spiro atoms. The molecular weight excluding hydrogens is 278 g/mol. The molecule has 0 aliphatic rings. The maximum absolute atomic E-state index is 12.3. The molecule has 0 saturated heterocycles. The first-order valence-corrected chi connectivity index (χ1v) is 7.37. The smallest absolute Gasteiger partial charge is 0.267 e. The van der Waals surface area contributed by atoms with Gasteiger partial charge in [-0.2, -0.15) is 5.10 Å². The second-order valence-corrected chi connectivity index (χ2v) is 6.25. The monoisotopic (exact) mass is 295 g/mol. The van der Waals surface area contributed by atoms with Crippen LogP contribution in [0.3, 0.4) is 0 Å². The van der Waals surface area contributed by atoms with Gasteiger partial charge in [0.15, 0.2) is 5.82 Å². The average Bonchev–Trinajstić information content (AvgIpc) is 2.69. The Hall–Kier alpha value is -2.22. The van der Waals surface area contributed by atoms with E-state index in [1.54, 1.807) is 25.2 Å². The molecule has 0 unspecified atom stereocenters. The van der Waals surface area contributed by atoms with Crippen LogP contribution in [0.25, 0.3) is 0 Å². The van der Waals surface area contributed by atoms with E-state index in [1.165, 1.54) is 10.9 Å². The van der Waals surface area contributed by atoms with Crippen molar-refractivity contribution in [1.82, 2.24) is 9.78 Å². The molecule has 0 bridgehead atoms. The van der Waals surface area contributed by atoms with Crippen LogP contribution in [0.5, 0.6) is 0 Å². The molecule has 0 atom stereocenters. The highest BCUT2D eigenvalue weighted by Gasteiger charge is 2.20. The van der Waals surface area contributed by atoms with Crippen molar-refractivity contribution in [3.63, 3.8) is 0 Å². The van der Waals surface area contributed by atoms with Crippen molar-refractivity contribution < 1.29 is 8.42 Å². The highest BCUT2D eigenvalue weighted by molar-refractivity contribution is 7.92. The first-order chi connectivity index (χ1) is 9.29. The molecule has 0 aliphatic heterocycles. The molecule has 2 rings (SSSR count). The van der Waals surface area contributed by atoms with Gasteiger partial charge in [-0.3, -0.25) is 9.40 Å². The summed E-state index contributed by atoms with van der Waals surface area (Å²) in [6, 6.07) is 7.08. The minimum Gasteiger partial charge on any atom is -0.381 e. The van der Waals surface area contributed by atoms with Crippen LogP contribution in [-0.4, -0.2) is 32.3 Å². The summed E-state index contributed by atoms with van der Waals surface area (Å²) in [6.45, 7) is 0. The van der Waals surface area contributed by atoms with Crippen LogP contribution in [0.2, 0.25) is 0 Å². The number of rotatable bonds is 4. The lowest BCUT2D eigenvalue weighted by atomic mass is 10.3. The van der Waals surface area contributed by atoms with Crippen LogP contribution in [-0.2, 0) is 17.1 Å². The first kappa shape index (κ1) is 14.2. The summed E-state index contributed by atoms with van der Waals surface area (Å²) in [5.74, 6) is -0.0243. The zero-order chi connectivity index (χ0) is 14.9. The van der Waals surface area contributed by atoms with Crippen LogP contribution in [0.15, 0.2) is 35.4 Å². The third-order valence-electron chi connectivity index (χ3n) is 2.73. The fourth-order valence-electron chi connectivity index (χ4n) is 1.75. The van der Waals surface area contributed by atoms with E-state index < -0.39 is 10.0 Å². The fourth-order valence-corrected chi connectivity index (χ4v) is 2.90. The number of nitrogen functional groups attached to an aromatic ring is 1. The third-order valence-corrected chi connectivity index (χ3v) is 4.12. The number of anilines is 3. The van der Waals surface area contributed by atoms with E-state index >= 15 is 0 Å². The van der Waals surface area contributed by atoms with E-state index in [0.29, 0.717) is 5.69 Å². The summed E-state index contributed by atoms with van der Waals surface area (Å²) in [7, 11) is 1.63. The predicted molar refractivity (Wildman–Crippen MR) is 79.2 cm³/mol. The molecule has 0 amide bonds. The van der Waals surface area contributed by atoms with Crippen molar-refractivity contribution >= 4 is 27.2 Å². The first-order valence-electron chi connectivity index (χ1n) is 5.89. The molecule has 0 radical (unpaired) electrons. The Morgan fingerprint density at radius 2 is 2.05 bits per heavy atom. The number of nitrogens with two attached hydrogens (primary N) is 1. The molecule has 0 fully saturated rings. The summed E-state index contributed by atoms with van der Waals surface area (Å²) in [6.07, 6.45) is 1.37. The number of hydrogen-bond donors (Lipinski definition) is 2. The van der Waals surface area contributed by atoms with Crippen LogP contribution in [0.1, 0.15) is 0 Å². The number of nitrogens with zero attached hydrogens (tertiary/aromatic N) is 3. The molecule has 20 heavy (non-hydrogen) atoms. The van der Waals surface area contributed by atoms with Gasteiger partial charge in [0.1, 0.15) is 4.90 Å². The molecule has 1 aromatic carbocycles. The molecule has 1 heterocycles. The van der Waals surface area contributed by atoms with E-state index in [0.717, 1.165) is 5.69 Å². The molecule has 108 valence electrons. The summed E-state index contributed by atoms with van der Waals surface area (Å²) in [5, 5.41) is 3.83. The number of aryl methyl sites for hydroxylation is 1. The minimum atomic E-state index is -3.74. The van der Waals surface area contributed by atoms with E-state index in [2.05, 4.69) is 9.82 Å². The molecule has 1 aromatic heterocycles. The van der Waals surface area contributed by atoms with Gasteiger partial charge in [0.2, 0.25) is 0 Å². The van der Waals surface area contributed by atoms with Crippen molar-refractivity contribution in [3.05, 3.63) is 30.5 Å². The van der Waals surface area contributed by atoms with E-state index in [4.69, 9.17) is 5.73 Å². The normalized spacial score (nSPS) is 11.3. The molecular formula is C12H17N5O2S. The van der Waals surface area contributed by atoms with Gasteiger partial charge in [-0.05, 0) is 18.2 Å². The minimum absolute atomic E-state index is 0.0243. The van der Waals surface area contributed by atoms with Gasteiger partial charge in [0.05, 0.1) is 5.69 Å². The van der Waals surface area contributed by atoms with Crippen LogP contribution in [0.4, 0.5) is 17.2 Å². The zero-order valence-electron chi connectivity index (χ0n) is 11.5. The Labute approximate surface area is 118 Å². The van der Waals surface area contributed by atoms with Crippen molar-refractivity contribution in [3.8, 4) is 0 Å². The highest BCUT2D eigenvalue weighted by atomic mass is 32.2. The lowest BCUT2D eigenvalue weighted by molar-refractivity contribution is 0.601. The number of nitrogens with one attached hydrogen (secondary N) is 1. The molecule has 8 heteroatoms. The van der Waals surface area contributed by atoms with Gasteiger partial charge in [-0.15, -0.1) is 0 Å². The molecule has 3 N–H and O–H groups in total. The summed E-state index contributed by atoms with van der Waals surface area (Å²) in [4.78, 5) is 1.85. The quantitative estimate of drug-likeness (QED) is 0.873. The van der Waals surface area contributed by atoms with Crippen molar-refractivity contribution in [2.45, 2.75) is 4.90 Å². The van der Waals surface area contributed by atoms with Crippen LogP contribution in [0, 0.1) is 0 Å². The maximum atomic E-state index is 12.3. The number of hydrogen-bond acceptors (Lipinski definition) is 5. The van der Waals surface area contributed by atoms with Crippen molar-refractivity contribution in [1.29, 1.82) is 0 Å². The largest absolute Gasteiger partial charge is 0.381 e. The van der Waals surface area contributed by atoms with Crippen LogP contribution < -0.4 is 15.4 Å². The van der Waals surface area contributed by atoms with Gasteiger partial charge in [-0.25, -0.2) is 8.42 Å². The molecule has 0 aliphatic carbocycles. The lowest BCUT2D eigenvalue weighted by Crippen LogP contribution is -2.15. The molecule has 2 aromatic rings. The Balaban J connectivity index is 2.33. The van der Waals surface area contributed by atoms with Gasteiger partial charge in [-0.1, -0.05) is 6.07 Å². The Morgan fingerprint density at radius 1 is 1.35 bits per heavy atom. The lowest BCUT2D eigenvalue weighted by Gasteiger charge is -2.14. The van der Waals surface area contributed by atoms with Gasteiger partial charge in [0.25, 0.3) is 10.0 Å². The maximum Gasteiger partial charge on any atom is 0.267 e. The standard InChI is InChI=1S/C12H17N5O2S/c1-16(2)10-6-4-5-9(7-10)15-20(18,19)11-8-17(3)14-12(11)13/h4-8,15H,1-3H3,(H2,13,14). The summed E-state index contributed by atoms with van der Waals surface area (Å²) >= 11 is 0. The van der Waals surface area contributed by atoms with E-state index in [-0.39, 0.29) is 10.7 Å². The second kappa shape index (κ2) is 5.04. The fraction of sp³-hybridized carbons (Fsp3) is 0.250.